The molecule has 2 aromatic rings. The number of benzene rings is 2. The fourth-order valence-corrected chi connectivity index (χ4v) is 3.82. The number of likely N-dealkylation sites (tertiary alicyclic amines) is 1. The largest absolute Gasteiger partial charge is 0.457 e. The number of para-hydroxylation sites is 1. The summed E-state index contributed by atoms with van der Waals surface area (Å²) in [5, 5.41) is 6.70. The number of hydrogen-bond donors (Lipinski definition) is 2. The highest BCUT2D eigenvalue weighted by Gasteiger charge is 2.37. The monoisotopic (exact) mass is 395 g/mol. The number of nitrogens with zero attached hydrogens (tertiary/aromatic N) is 1. The first-order valence-corrected chi connectivity index (χ1v) is 10.5. The van der Waals surface area contributed by atoms with Crippen molar-refractivity contribution in [1.29, 1.82) is 0 Å². The molecule has 1 amide bonds. The van der Waals surface area contributed by atoms with E-state index in [4.69, 9.17) is 4.74 Å². The maximum atomic E-state index is 12.6. The summed E-state index contributed by atoms with van der Waals surface area (Å²) in [4.78, 5) is 14.9. The van der Waals surface area contributed by atoms with Crippen LogP contribution in [0, 0.1) is 0 Å². The molecule has 1 saturated heterocycles. The summed E-state index contributed by atoms with van der Waals surface area (Å²) in [5.74, 6) is 1.80. The molecule has 1 heterocycles. The van der Waals surface area contributed by atoms with E-state index in [0.29, 0.717) is 12.1 Å². The van der Waals surface area contributed by atoms with Crippen molar-refractivity contribution in [3.63, 3.8) is 0 Å². The molecule has 0 aliphatic carbocycles. The maximum absolute atomic E-state index is 12.6. The van der Waals surface area contributed by atoms with Crippen molar-refractivity contribution in [2.24, 2.45) is 0 Å². The van der Waals surface area contributed by atoms with Gasteiger partial charge in [-0.25, -0.2) is 0 Å². The fourth-order valence-electron chi connectivity index (χ4n) is 3.82. The van der Waals surface area contributed by atoms with Gasteiger partial charge in [0.15, 0.2) is 0 Å². The topological polar surface area (TPSA) is 53.6 Å². The van der Waals surface area contributed by atoms with Crippen LogP contribution in [0.5, 0.6) is 11.5 Å². The lowest BCUT2D eigenvalue weighted by atomic mass is 10.1. The van der Waals surface area contributed by atoms with E-state index < -0.39 is 0 Å². The zero-order chi connectivity index (χ0) is 20.8. The van der Waals surface area contributed by atoms with E-state index >= 15 is 0 Å². The highest BCUT2D eigenvalue weighted by Crippen LogP contribution is 2.24. The first-order valence-electron chi connectivity index (χ1n) is 10.5. The number of ether oxygens (including phenoxy) is 1. The van der Waals surface area contributed by atoms with Crippen molar-refractivity contribution in [3.8, 4) is 11.5 Å². The highest BCUT2D eigenvalue weighted by atomic mass is 16.5. The number of carbonyl (C=O) groups excluding carboxylic acids is 1. The molecule has 1 aliphatic rings. The van der Waals surface area contributed by atoms with Crippen molar-refractivity contribution in [1.82, 2.24) is 15.5 Å². The standard InChI is InChI=1S/C24H33N3O2/c1-17(2)26-24(28)23-14-20(16-27(23)18(3)4)25-15-19-9-8-12-22(13-19)29-21-10-6-5-7-11-21/h5-13,17-18,20,23,25H,14-16H2,1-4H3,(H,26,28)/t20-,23+/m1/s1. The zero-order valence-electron chi connectivity index (χ0n) is 17.9. The van der Waals surface area contributed by atoms with Crippen LogP contribution in [0.1, 0.15) is 39.7 Å². The van der Waals surface area contributed by atoms with Crippen LogP contribution in [0.15, 0.2) is 54.6 Å². The van der Waals surface area contributed by atoms with Crippen molar-refractivity contribution in [3.05, 3.63) is 60.2 Å². The van der Waals surface area contributed by atoms with Crippen molar-refractivity contribution in [2.75, 3.05) is 6.54 Å². The van der Waals surface area contributed by atoms with Gasteiger partial charge in [-0.05, 0) is 63.9 Å². The molecule has 0 saturated carbocycles. The lowest BCUT2D eigenvalue weighted by Crippen LogP contribution is -2.47. The second-order valence-corrected chi connectivity index (χ2v) is 8.35. The van der Waals surface area contributed by atoms with Crippen LogP contribution in [-0.4, -0.2) is 41.5 Å². The molecule has 0 spiro atoms. The maximum Gasteiger partial charge on any atom is 0.237 e. The van der Waals surface area contributed by atoms with E-state index in [1.807, 2.05) is 56.3 Å². The van der Waals surface area contributed by atoms with Crippen molar-refractivity contribution >= 4 is 5.91 Å². The highest BCUT2D eigenvalue weighted by molar-refractivity contribution is 5.82. The van der Waals surface area contributed by atoms with Crippen LogP contribution in [0.25, 0.3) is 0 Å². The Kier molecular flexibility index (Phi) is 7.29. The van der Waals surface area contributed by atoms with Crippen LogP contribution < -0.4 is 15.4 Å². The molecule has 0 radical (unpaired) electrons. The lowest BCUT2D eigenvalue weighted by Gasteiger charge is -2.27. The molecular weight excluding hydrogens is 362 g/mol. The molecule has 0 unspecified atom stereocenters. The molecule has 0 bridgehead atoms. The first-order chi connectivity index (χ1) is 13.9. The molecule has 1 aliphatic heterocycles. The normalized spacial score (nSPS) is 19.7. The van der Waals surface area contributed by atoms with Crippen LogP contribution in [-0.2, 0) is 11.3 Å². The smallest absolute Gasteiger partial charge is 0.237 e. The van der Waals surface area contributed by atoms with E-state index in [-0.39, 0.29) is 18.0 Å². The molecule has 0 aromatic heterocycles. The third kappa shape index (κ3) is 6.05. The number of nitrogens with one attached hydrogen (secondary N) is 2. The second-order valence-electron chi connectivity index (χ2n) is 8.35. The molecule has 2 N–H and O–H groups in total. The summed E-state index contributed by atoms with van der Waals surface area (Å²) >= 11 is 0. The number of rotatable bonds is 8. The summed E-state index contributed by atoms with van der Waals surface area (Å²) in [6, 6.07) is 18.7. The lowest BCUT2D eigenvalue weighted by molar-refractivity contribution is -0.126. The first kappa shape index (κ1) is 21.3. The molecule has 2 atom stereocenters. The number of amides is 1. The summed E-state index contributed by atoms with van der Waals surface area (Å²) in [7, 11) is 0. The average Bonchev–Trinajstić information content (AvgIpc) is 3.12. The minimum atomic E-state index is -0.0670. The zero-order valence-corrected chi connectivity index (χ0v) is 17.9. The van der Waals surface area contributed by atoms with Gasteiger partial charge in [-0.3, -0.25) is 9.69 Å². The van der Waals surface area contributed by atoms with Gasteiger partial charge in [0.25, 0.3) is 0 Å². The van der Waals surface area contributed by atoms with Crippen molar-refractivity contribution < 1.29 is 9.53 Å². The molecule has 1 fully saturated rings. The van der Waals surface area contributed by atoms with Gasteiger partial charge in [0.1, 0.15) is 11.5 Å². The Morgan fingerprint density at radius 2 is 1.79 bits per heavy atom. The fraction of sp³-hybridized carbons (Fsp3) is 0.458. The molecular formula is C24H33N3O2. The van der Waals surface area contributed by atoms with Gasteiger partial charge in [-0.2, -0.15) is 0 Å². The Morgan fingerprint density at radius 1 is 1.07 bits per heavy atom. The van der Waals surface area contributed by atoms with Gasteiger partial charge in [0.05, 0.1) is 6.04 Å². The second kappa shape index (κ2) is 9.90. The van der Waals surface area contributed by atoms with E-state index in [1.165, 1.54) is 5.56 Å². The predicted molar refractivity (Wildman–Crippen MR) is 117 cm³/mol. The quantitative estimate of drug-likeness (QED) is 0.711. The minimum absolute atomic E-state index is 0.0670. The predicted octanol–water partition coefficient (Wildman–Crippen LogP) is 3.94. The van der Waals surface area contributed by atoms with Crippen LogP contribution in [0.4, 0.5) is 0 Å². The van der Waals surface area contributed by atoms with Gasteiger partial charge in [-0.1, -0.05) is 30.3 Å². The Morgan fingerprint density at radius 3 is 2.48 bits per heavy atom. The third-order valence-corrected chi connectivity index (χ3v) is 5.21. The molecule has 5 nitrogen and oxygen atoms in total. The van der Waals surface area contributed by atoms with Gasteiger partial charge in [0, 0.05) is 31.2 Å². The Hall–Kier alpha value is -2.37. The molecule has 2 aromatic carbocycles. The summed E-state index contributed by atoms with van der Waals surface area (Å²) < 4.78 is 5.94. The molecule has 29 heavy (non-hydrogen) atoms. The number of hydrogen-bond acceptors (Lipinski definition) is 4. The van der Waals surface area contributed by atoms with Crippen LogP contribution in [0.2, 0.25) is 0 Å². The average molecular weight is 396 g/mol. The van der Waals surface area contributed by atoms with Crippen LogP contribution >= 0.6 is 0 Å². The van der Waals surface area contributed by atoms with Crippen LogP contribution in [0.3, 0.4) is 0 Å². The third-order valence-electron chi connectivity index (χ3n) is 5.21. The molecule has 156 valence electrons. The Labute approximate surface area is 174 Å². The van der Waals surface area contributed by atoms with Gasteiger partial charge < -0.3 is 15.4 Å². The Bertz CT molecular complexity index is 792. The van der Waals surface area contributed by atoms with Gasteiger partial charge in [-0.15, -0.1) is 0 Å². The minimum Gasteiger partial charge on any atom is -0.457 e. The van der Waals surface area contributed by atoms with E-state index in [2.05, 4.69) is 41.5 Å². The van der Waals surface area contributed by atoms with E-state index in [0.717, 1.165) is 31.0 Å². The van der Waals surface area contributed by atoms with E-state index in [9.17, 15) is 4.79 Å². The molecule has 5 heteroatoms. The SMILES string of the molecule is CC(C)NC(=O)[C@@H]1C[C@@H](NCc2cccc(Oc3ccccc3)c2)CN1C(C)C. The van der Waals surface area contributed by atoms with Gasteiger partial charge >= 0.3 is 0 Å². The van der Waals surface area contributed by atoms with E-state index in [1.54, 1.807) is 0 Å². The summed E-state index contributed by atoms with van der Waals surface area (Å²) in [6.45, 7) is 9.96. The Balaban J connectivity index is 1.58. The molecule has 3 rings (SSSR count). The summed E-state index contributed by atoms with van der Waals surface area (Å²) in [6.07, 6.45) is 0.830. The summed E-state index contributed by atoms with van der Waals surface area (Å²) in [5.41, 5.74) is 1.17. The number of carbonyl (C=O) groups is 1. The van der Waals surface area contributed by atoms with Crippen molar-refractivity contribution in [2.45, 2.75) is 64.8 Å². The van der Waals surface area contributed by atoms with Gasteiger partial charge in [0.2, 0.25) is 5.91 Å².